The van der Waals surface area contributed by atoms with Crippen molar-refractivity contribution in [3.05, 3.63) is 34.0 Å². The Labute approximate surface area is 242 Å². The van der Waals surface area contributed by atoms with Gasteiger partial charge in [-0.05, 0) is 95.3 Å². The summed E-state index contributed by atoms with van der Waals surface area (Å²) < 4.78 is 0. The maximum atomic E-state index is 11.0. The maximum absolute atomic E-state index is 11.0. The van der Waals surface area contributed by atoms with Gasteiger partial charge in [0.25, 0.3) is 0 Å². The summed E-state index contributed by atoms with van der Waals surface area (Å²) in [5.41, 5.74) is 1.60. The van der Waals surface area contributed by atoms with Crippen LogP contribution in [0.5, 0.6) is 0 Å². The molecule has 0 radical (unpaired) electrons. The molecule has 14 heteroatoms. The van der Waals surface area contributed by atoms with E-state index in [1.807, 2.05) is 0 Å². The first-order chi connectivity index (χ1) is 14.1. The number of rotatable bonds is 3. The molecular weight excluding hydrogens is 648 g/mol. The van der Waals surface area contributed by atoms with Crippen LogP contribution in [0.4, 0.5) is 0 Å². The molecule has 0 N–H and O–H groups in total. The van der Waals surface area contributed by atoms with Gasteiger partial charge in [-0.2, -0.15) is 0 Å². The molecule has 3 aliphatic carbocycles. The Morgan fingerprint density at radius 1 is 0.447 bits per heavy atom. The van der Waals surface area contributed by atoms with Crippen LogP contribution in [0.2, 0.25) is 0 Å². The summed E-state index contributed by atoms with van der Waals surface area (Å²) in [4.78, 5) is 32.3. The Morgan fingerprint density at radius 2 is 0.605 bits per heavy atom. The topological polar surface area (TPSA) is 120 Å². The molecule has 0 aromatic carbocycles. The van der Waals surface area contributed by atoms with Gasteiger partial charge in [-0.25, -0.2) is 0 Å². The molecule has 0 fully saturated rings. The van der Waals surface area contributed by atoms with Crippen LogP contribution < -0.4 is 43.5 Å². The summed E-state index contributed by atoms with van der Waals surface area (Å²) >= 11 is 0. The number of halogens is 6. The molecule has 0 heterocycles. The summed E-state index contributed by atoms with van der Waals surface area (Å²) in [6.07, 6.45) is 9.71. The van der Waals surface area contributed by atoms with Crippen molar-refractivity contribution in [2.24, 2.45) is 0 Å². The number of carbonyl (C=O) groups is 3. The summed E-state index contributed by atoms with van der Waals surface area (Å²) in [7, 11) is 0. The first-order valence-corrected chi connectivity index (χ1v) is 10.8. The quantitative estimate of drug-likeness (QED) is 0.216. The summed E-state index contributed by atoms with van der Waals surface area (Å²) in [6.45, 7) is 4.41. The van der Waals surface area contributed by atoms with Crippen molar-refractivity contribution in [2.45, 2.75) is 97.8 Å². The Morgan fingerprint density at radius 3 is 0.711 bits per heavy atom. The SMILES string of the molecule is CC(=O)C1=C([O-])CCCC1.CC(=O)C1=C([O-])CCCC1.CC(=O)C1=C([O-])CCCC1.[F-].[F-].[F-].[F-].[F-].[F-].[Sb+5].[Si+4]. The molecule has 0 saturated carbocycles. The van der Waals surface area contributed by atoms with Gasteiger partial charge < -0.3 is 43.5 Å². The summed E-state index contributed by atoms with van der Waals surface area (Å²) in [5, 5.41) is 32.9. The number of allylic oxidation sites excluding steroid dienone is 6. The molecule has 0 atom stereocenters. The molecule has 0 amide bonds. The molecule has 216 valence electrons. The van der Waals surface area contributed by atoms with E-state index in [1.54, 1.807) is 0 Å². The Balaban J connectivity index is -0.0000000536. The molecule has 0 unspecified atom stereocenters. The number of Topliss-reactive ketones (excluding diaryl/α,β-unsaturated/α-hetero) is 3. The number of hydrogen-bond donors (Lipinski definition) is 0. The van der Waals surface area contributed by atoms with E-state index >= 15 is 0 Å². The van der Waals surface area contributed by atoms with Gasteiger partial charge in [0.05, 0.1) is 0 Å². The zero-order chi connectivity index (χ0) is 22.7. The van der Waals surface area contributed by atoms with Crippen molar-refractivity contribution in [1.82, 2.24) is 0 Å². The van der Waals surface area contributed by atoms with E-state index in [2.05, 4.69) is 0 Å². The molecule has 0 spiro atoms. The zero-order valence-electron chi connectivity index (χ0n) is 21.6. The van der Waals surface area contributed by atoms with Crippen LogP contribution in [-0.2, 0) is 14.4 Å². The van der Waals surface area contributed by atoms with Crippen LogP contribution in [0.15, 0.2) is 34.0 Å². The normalized spacial score (nSPS) is 15.2. The fourth-order valence-electron chi connectivity index (χ4n) is 3.75. The van der Waals surface area contributed by atoms with Crippen LogP contribution in [0.1, 0.15) is 97.8 Å². The minimum Gasteiger partial charge on any atom is -1.00 e. The third-order valence-electron chi connectivity index (χ3n) is 5.53. The predicted molar refractivity (Wildman–Crippen MR) is 120 cm³/mol. The van der Waals surface area contributed by atoms with Gasteiger partial charge in [-0.1, -0.05) is 19.3 Å². The van der Waals surface area contributed by atoms with Crippen molar-refractivity contribution < 1.29 is 57.9 Å². The second-order valence-corrected chi connectivity index (χ2v) is 8.00. The van der Waals surface area contributed by atoms with Gasteiger partial charge in [-0.15, -0.1) is 17.3 Å². The Kier molecular flexibility index (Phi) is 44.3. The fourth-order valence-corrected chi connectivity index (χ4v) is 3.75. The average molecular weight is 681 g/mol. The molecule has 3 rings (SSSR count). The number of hydrogen-bond acceptors (Lipinski definition) is 6. The van der Waals surface area contributed by atoms with E-state index in [-0.39, 0.29) is 98.2 Å². The molecule has 0 aliphatic heterocycles. The average Bonchev–Trinajstić information content (AvgIpc) is 2.69. The third kappa shape index (κ3) is 20.2. The van der Waals surface area contributed by atoms with Gasteiger partial charge in [0.15, 0.2) is 17.3 Å². The molecule has 38 heavy (non-hydrogen) atoms. The fraction of sp³-hybridized carbons (Fsp3) is 0.625. The Hall–Kier alpha value is -1.75. The zero-order valence-corrected chi connectivity index (χ0v) is 25.2. The molecule has 0 aromatic heterocycles. The van der Waals surface area contributed by atoms with Crippen molar-refractivity contribution in [1.29, 1.82) is 0 Å². The van der Waals surface area contributed by atoms with Crippen LogP contribution in [0.3, 0.4) is 0 Å². The third-order valence-corrected chi connectivity index (χ3v) is 5.53. The maximum Gasteiger partial charge on any atom is 5.00 e. The van der Waals surface area contributed by atoms with Crippen molar-refractivity contribution in [3.63, 3.8) is 0 Å². The van der Waals surface area contributed by atoms with Crippen LogP contribution >= 0.6 is 0 Å². The van der Waals surface area contributed by atoms with Crippen LogP contribution in [0, 0.1) is 0 Å². The largest absolute Gasteiger partial charge is 5.00 e. The molecule has 6 nitrogen and oxygen atoms in total. The van der Waals surface area contributed by atoms with E-state index in [0.717, 1.165) is 38.5 Å². The molecular formula is C24H33F6O6SbSi. The van der Waals surface area contributed by atoms with Crippen molar-refractivity contribution in [2.75, 3.05) is 0 Å². The summed E-state index contributed by atoms with van der Waals surface area (Å²) in [5.74, 6) is 0.0929. The van der Waals surface area contributed by atoms with Gasteiger partial charge in [0, 0.05) is 0 Å². The minimum absolute atomic E-state index is 0. The smallest absolute Gasteiger partial charge is 1.00 e. The van der Waals surface area contributed by atoms with Gasteiger partial charge in [-0.3, -0.25) is 14.4 Å². The van der Waals surface area contributed by atoms with Crippen molar-refractivity contribution >= 4 is 52.7 Å². The first kappa shape index (κ1) is 56.4. The standard InChI is InChI=1S/3C8H12O2.6FH.Sb.Si/c3*1-6(9)7-4-2-3-5-8(7)10;;;;;;;;/h3*10H,2-5H2,1H3;6*1H;;/q;;;;;;;;;+5;+4/p-9. The van der Waals surface area contributed by atoms with E-state index in [0.29, 0.717) is 55.2 Å². The summed E-state index contributed by atoms with van der Waals surface area (Å²) in [6, 6.07) is 0. The molecule has 0 aromatic rings. The molecule has 0 bridgehead atoms. The van der Waals surface area contributed by atoms with Gasteiger partial charge in [0.2, 0.25) is 0 Å². The molecule has 0 saturated heterocycles. The second kappa shape index (κ2) is 29.8. The number of carbonyl (C=O) groups excluding carboxylic acids is 3. The van der Waals surface area contributed by atoms with E-state index in [1.165, 1.54) is 20.8 Å². The first-order valence-electron chi connectivity index (χ1n) is 10.8. The molecule has 3 aliphatic rings. The predicted octanol–water partition coefficient (Wildman–Crippen LogP) is -16.4. The van der Waals surface area contributed by atoms with E-state index in [9.17, 15) is 29.7 Å². The minimum atomic E-state index is -0.0373. The van der Waals surface area contributed by atoms with Crippen LogP contribution in [0.25, 0.3) is 0 Å². The Bertz CT molecular complexity index is 676. The monoisotopic (exact) mass is 680 g/mol. The van der Waals surface area contributed by atoms with Crippen molar-refractivity contribution in [3.8, 4) is 0 Å². The van der Waals surface area contributed by atoms with Gasteiger partial charge >= 0.3 is 35.4 Å². The van der Waals surface area contributed by atoms with Gasteiger partial charge in [0.1, 0.15) is 0 Å². The van der Waals surface area contributed by atoms with E-state index in [4.69, 9.17) is 0 Å². The number of ketones is 3. The second-order valence-electron chi connectivity index (χ2n) is 8.00. The van der Waals surface area contributed by atoms with Crippen LogP contribution in [-0.4, -0.2) is 52.7 Å². The van der Waals surface area contributed by atoms with E-state index < -0.39 is 0 Å².